The fourth-order valence-corrected chi connectivity index (χ4v) is 1.12. The molecule has 0 atom stereocenters. The number of nitrogens with zero attached hydrogens (tertiary/aromatic N) is 1. The zero-order chi connectivity index (χ0) is 13.4. The molecule has 6 heteroatoms. The number of carbonyl (C=O) groups is 2. The third kappa shape index (κ3) is 5.20. The third-order valence-corrected chi connectivity index (χ3v) is 2.03. The maximum atomic E-state index is 11.3. The van der Waals surface area contributed by atoms with Gasteiger partial charge in [0.2, 0.25) is 0 Å². The van der Waals surface area contributed by atoms with Gasteiger partial charge < -0.3 is 20.3 Å². The lowest BCUT2D eigenvalue weighted by Crippen LogP contribution is -2.40. The van der Waals surface area contributed by atoms with Crippen molar-refractivity contribution in [2.45, 2.75) is 0 Å². The monoisotopic (exact) mass is 251 g/mol. The molecule has 0 radical (unpaired) electrons. The molecule has 18 heavy (non-hydrogen) atoms. The van der Waals surface area contributed by atoms with Crippen molar-refractivity contribution in [3.8, 4) is 5.75 Å². The Morgan fingerprint density at radius 1 is 1.11 bits per heavy atom. The van der Waals surface area contributed by atoms with E-state index in [1.54, 1.807) is 38.4 Å². The van der Waals surface area contributed by atoms with Crippen molar-refractivity contribution in [2.24, 2.45) is 0 Å². The zero-order valence-electron chi connectivity index (χ0n) is 10.5. The Balaban J connectivity index is 2.16. The van der Waals surface area contributed by atoms with Crippen LogP contribution in [0.2, 0.25) is 0 Å². The van der Waals surface area contributed by atoms with Gasteiger partial charge in [-0.2, -0.15) is 0 Å². The summed E-state index contributed by atoms with van der Waals surface area (Å²) >= 11 is 0. The number of para-hydroxylation sites is 1. The summed E-state index contributed by atoms with van der Waals surface area (Å²) in [7, 11) is 3.29. The Morgan fingerprint density at radius 2 is 1.72 bits per heavy atom. The van der Waals surface area contributed by atoms with Gasteiger partial charge in [0.05, 0.1) is 0 Å². The van der Waals surface area contributed by atoms with Gasteiger partial charge in [0.15, 0.2) is 0 Å². The number of hydrogen-bond donors (Lipinski definition) is 2. The highest BCUT2D eigenvalue weighted by Gasteiger charge is 2.04. The molecule has 1 rings (SSSR count). The molecule has 0 fully saturated rings. The average Bonchev–Trinajstić information content (AvgIpc) is 2.35. The Hall–Kier alpha value is -2.24. The van der Waals surface area contributed by atoms with Crippen LogP contribution in [-0.4, -0.2) is 44.2 Å². The van der Waals surface area contributed by atoms with E-state index in [1.807, 2.05) is 6.07 Å². The Bertz CT molecular complexity index is 393. The van der Waals surface area contributed by atoms with Crippen molar-refractivity contribution in [1.82, 2.24) is 15.5 Å². The van der Waals surface area contributed by atoms with Crippen molar-refractivity contribution in [1.29, 1.82) is 0 Å². The molecule has 0 aliphatic rings. The van der Waals surface area contributed by atoms with Crippen LogP contribution in [0.15, 0.2) is 30.3 Å². The van der Waals surface area contributed by atoms with Gasteiger partial charge in [0.1, 0.15) is 5.75 Å². The molecule has 0 aliphatic heterocycles. The molecule has 0 saturated heterocycles. The van der Waals surface area contributed by atoms with Gasteiger partial charge >= 0.3 is 12.1 Å². The van der Waals surface area contributed by atoms with Gasteiger partial charge in [-0.15, -0.1) is 0 Å². The second kappa shape index (κ2) is 7.16. The van der Waals surface area contributed by atoms with Gasteiger partial charge in [0, 0.05) is 27.2 Å². The zero-order valence-corrected chi connectivity index (χ0v) is 10.5. The number of benzene rings is 1. The van der Waals surface area contributed by atoms with Crippen LogP contribution in [0.5, 0.6) is 5.75 Å². The molecule has 0 heterocycles. The topological polar surface area (TPSA) is 70.7 Å². The summed E-state index contributed by atoms with van der Waals surface area (Å²) in [6.07, 6.45) is -0.541. The maximum Gasteiger partial charge on any atom is 0.412 e. The number of nitrogens with one attached hydrogen (secondary N) is 2. The lowest BCUT2D eigenvalue weighted by atomic mass is 10.3. The molecular weight excluding hydrogens is 234 g/mol. The molecular formula is C12H17N3O3. The highest BCUT2D eigenvalue weighted by atomic mass is 16.6. The first-order valence-corrected chi connectivity index (χ1v) is 5.55. The van der Waals surface area contributed by atoms with Crippen molar-refractivity contribution < 1.29 is 14.3 Å². The number of hydrogen-bond acceptors (Lipinski definition) is 3. The predicted octanol–water partition coefficient (Wildman–Crippen LogP) is 1.05. The van der Waals surface area contributed by atoms with E-state index >= 15 is 0 Å². The van der Waals surface area contributed by atoms with Gasteiger partial charge in [-0.25, -0.2) is 9.59 Å². The van der Waals surface area contributed by atoms with E-state index in [0.29, 0.717) is 18.8 Å². The second-order valence-electron chi connectivity index (χ2n) is 3.76. The minimum atomic E-state index is -0.541. The average molecular weight is 251 g/mol. The largest absolute Gasteiger partial charge is 0.412 e. The van der Waals surface area contributed by atoms with Gasteiger partial charge in [-0.3, -0.25) is 0 Å². The molecule has 0 spiro atoms. The molecule has 98 valence electrons. The van der Waals surface area contributed by atoms with Crippen LogP contribution in [0.1, 0.15) is 0 Å². The first-order valence-electron chi connectivity index (χ1n) is 5.55. The van der Waals surface area contributed by atoms with E-state index in [9.17, 15) is 9.59 Å². The van der Waals surface area contributed by atoms with Gasteiger partial charge in [0.25, 0.3) is 0 Å². The lowest BCUT2D eigenvalue weighted by molar-refractivity contribution is 0.199. The molecule has 1 aromatic carbocycles. The summed E-state index contributed by atoms with van der Waals surface area (Å²) in [5.41, 5.74) is 0. The summed E-state index contributed by atoms with van der Waals surface area (Å²) in [4.78, 5) is 23.9. The lowest BCUT2D eigenvalue weighted by Gasteiger charge is -2.12. The molecule has 0 unspecified atom stereocenters. The molecule has 0 aromatic heterocycles. The summed E-state index contributed by atoms with van der Waals surface area (Å²) < 4.78 is 5.00. The molecule has 2 N–H and O–H groups in total. The van der Waals surface area contributed by atoms with E-state index in [1.165, 1.54) is 4.90 Å². The van der Waals surface area contributed by atoms with Crippen LogP contribution in [0.3, 0.4) is 0 Å². The van der Waals surface area contributed by atoms with E-state index < -0.39 is 6.09 Å². The molecule has 0 bridgehead atoms. The Labute approximate surface area is 106 Å². The van der Waals surface area contributed by atoms with Crippen LogP contribution in [0.25, 0.3) is 0 Å². The highest BCUT2D eigenvalue weighted by molar-refractivity contribution is 5.73. The summed E-state index contributed by atoms with van der Waals surface area (Å²) in [6, 6.07) is 8.57. The number of carbonyl (C=O) groups excluding carboxylic acids is 2. The van der Waals surface area contributed by atoms with Crippen molar-refractivity contribution >= 4 is 12.1 Å². The number of rotatable bonds is 4. The van der Waals surface area contributed by atoms with Crippen molar-refractivity contribution in [2.75, 3.05) is 27.2 Å². The maximum absolute atomic E-state index is 11.3. The van der Waals surface area contributed by atoms with E-state index in [2.05, 4.69) is 10.6 Å². The second-order valence-corrected chi connectivity index (χ2v) is 3.76. The fourth-order valence-electron chi connectivity index (χ4n) is 1.12. The molecule has 3 amide bonds. The summed E-state index contributed by atoms with van der Waals surface area (Å²) in [5.74, 6) is 0.479. The summed E-state index contributed by atoms with van der Waals surface area (Å²) in [6.45, 7) is 0.659. The minimum Gasteiger partial charge on any atom is -0.410 e. The first-order chi connectivity index (χ1) is 8.59. The fraction of sp³-hybridized carbons (Fsp3) is 0.333. The highest BCUT2D eigenvalue weighted by Crippen LogP contribution is 2.07. The molecule has 1 aromatic rings. The van der Waals surface area contributed by atoms with Crippen molar-refractivity contribution in [3.05, 3.63) is 30.3 Å². The van der Waals surface area contributed by atoms with Crippen LogP contribution >= 0.6 is 0 Å². The van der Waals surface area contributed by atoms with Crippen LogP contribution in [0.4, 0.5) is 9.59 Å². The minimum absolute atomic E-state index is 0.201. The quantitative estimate of drug-likeness (QED) is 0.786. The van der Waals surface area contributed by atoms with E-state index in [4.69, 9.17) is 4.74 Å². The first kappa shape index (κ1) is 13.8. The smallest absolute Gasteiger partial charge is 0.410 e. The number of urea groups is 1. The molecule has 6 nitrogen and oxygen atoms in total. The standard InChI is InChI=1S/C12H17N3O3/c1-15(2)11(16)13-8-9-14-12(17)18-10-6-4-3-5-7-10/h3-7H,8-9H2,1-2H3,(H,13,16)(H,14,17). The van der Waals surface area contributed by atoms with E-state index in [-0.39, 0.29) is 6.03 Å². The summed E-state index contributed by atoms with van der Waals surface area (Å²) in [5, 5.41) is 5.15. The molecule has 0 aliphatic carbocycles. The van der Waals surface area contributed by atoms with Gasteiger partial charge in [-0.1, -0.05) is 18.2 Å². The van der Waals surface area contributed by atoms with Crippen LogP contribution < -0.4 is 15.4 Å². The Morgan fingerprint density at radius 3 is 2.33 bits per heavy atom. The van der Waals surface area contributed by atoms with E-state index in [0.717, 1.165) is 0 Å². The van der Waals surface area contributed by atoms with Crippen LogP contribution in [0, 0.1) is 0 Å². The van der Waals surface area contributed by atoms with Crippen molar-refractivity contribution in [3.63, 3.8) is 0 Å². The van der Waals surface area contributed by atoms with Gasteiger partial charge in [-0.05, 0) is 12.1 Å². The normalized spacial score (nSPS) is 9.44. The number of ether oxygens (including phenoxy) is 1. The van der Waals surface area contributed by atoms with Crippen LogP contribution in [-0.2, 0) is 0 Å². The number of amides is 3. The SMILES string of the molecule is CN(C)C(=O)NCCNC(=O)Oc1ccccc1. The molecule has 0 saturated carbocycles. The Kier molecular flexibility index (Phi) is 5.50. The third-order valence-electron chi connectivity index (χ3n) is 2.03. The predicted molar refractivity (Wildman–Crippen MR) is 67.6 cm³/mol.